The van der Waals surface area contributed by atoms with Gasteiger partial charge in [0.1, 0.15) is 57.5 Å². The molecule has 0 atom stereocenters. The maximum atomic E-state index is 6.35. The van der Waals surface area contributed by atoms with Gasteiger partial charge in [-0.15, -0.1) is 0 Å². The van der Waals surface area contributed by atoms with Crippen LogP contribution in [0.4, 0.5) is 0 Å². The molecule has 302 valence electrons. The molecule has 15 rings (SSSR count). The van der Waals surface area contributed by atoms with Gasteiger partial charge in [0.2, 0.25) is 0 Å². The SMILES string of the molecule is COc1cc2c(OC)cc1Cc1cc(OC)c(cc1OC)Cc1cc(OC)c(cc1OC)Cc1cc(OC)c(cc1OCCS)Cc1cc(OC)c(cc1OC)C2. The predicted octanol–water partition coefficient (Wildman–Crippen LogP) is 8.34. The van der Waals surface area contributed by atoms with Crippen LogP contribution in [0.3, 0.4) is 0 Å². The second-order valence-corrected chi connectivity index (χ2v) is 14.1. The van der Waals surface area contributed by atoms with Gasteiger partial charge in [-0.3, -0.25) is 0 Å². The molecular weight excluding hydrogens is 745 g/mol. The van der Waals surface area contributed by atoms with Crippen LogP contribution in [0.1, 0.15) is 55.6 Å². The van der Waals surface area contributed by atoms with Gasteiger partial charge in [-0.2, -0.15) is 12.6 Å². The van der Waals surface area contributed by atoms with E-state index in [9.17, 15) is 0 Å². The normalized spacial score (nSPS) is 12.2. The van der Waals surface area contributed by atoms with Crippen LogP contribution < -0.4 is 47.4 Å². The Labute approximate surface area is 341 Å². The smallest absolute Gasteiger partial charge is 0.123 e. The Morgan fingerprint density at radius 3 is 0.614 bits per heavy atom. The van der Waals surface area contributed by atoms with Gasteiger partial charge in [-0.25, -0.2) is 0 Å². The van der Waals surface area contributed by atoms with Gasteiger partial charge in [0, 0.05) is 93.5 Å². The summed E-state index contributed by atoms with van der Waals surface area (Å²) in [6.07, 6.45) is 2.47. The summed E-state index contributed by atoms with van der Waals surface area (Å²) < 4.78 is 60.4. The van der Waals surface area contributed by atoms with E-state index in [2.05, 4.69) is 12.6 Å². The lowest BCUT2D eigenvalue weighted by Gasteiger charge is -2.20. The third-order valence-corrected chi connectivity index (χ3v) is 10.6. The number of hydrogen-bond donors (Lipinski definition) is 1. The highest BCUT2D eigenvalue weighted by Crippen LogP contribution is 2.42. The van der Waals surface area contributed by atoms with Crippen LogP contribution in [0.15, 0.2) is 60.7 Å². The average molecular weight is 797 g/mol. The van der Waals surface area contributed by atoms with Crippen LogP contribution in [-0.4, -0.2) is 76.3 Å². The number of thiol groups is 1. The summed E-state index contributed by atoms with van der Waals surface area (Å²) in [6.45, 7) is 0.423. The Bertz CT molecular complexity index is 2210. The highest BCUT2D eigenvalue weighted by molar-refractivity contribution is 7.80. The Balaban J connectivity index is 1.61. The molecule has 10 aliphatic carbocycles. The van der Waals surface area contributed by atoms with Gasteiger partial charge in [-0.05, 0) is 60.7 Å². The van der Waals surface area contributed by atoms with E-state index in [4.69, 9.17) is 47.4 Å². The molecule has 10 nitrogen and oxygen atoms in total. The zero-order valence-corrected chi connectivity index (χ0v) is 35.1. The summed E-state index contributed by atoms with van der Waals surface area (Å²) in [7, 11) is 15.1. The van der Waals surface area contributed by atoms with Gasteiger partial charge >= 0.3 is 0 Å². The van der Waals surface area contributed by atoms with Gasteiger partial charge in [0.25, 0.3) is 0 Å². The fraction of sp³-hybridized carbons (Fsp3) is 0.348. The maximum Gasteiger partial charge on any atom is 0.123 e. The van der Waals surface area contributed by atoms with Crippen molar-refractivity contribution in [1.82, 2.24) is 0 Å². The lowest BCUT2D eigenvalue weighted by Crippen LogP contribution is -2.06. The molecule has 5 aromatic rings. The molecule has 10 aliphatic rings. The lowest BCUT2D eigenvalue weighted by atomic mass is 9.94. The largest absolute Gasteiger partial charge is 0.496 e. The zero-order chi connectivity index (χ0) is 40.6. The van der Waals surface area contributed by atoms with Crippen molar-refractivity contribution in [2.24, 2.45) is 0 Å². The van der Waals surface area contributed by atoms with Crippen molar-refractivity contribution in [2.45, 2.75) is 32.1 Å². The monoisotopic (exact) mass is 796 g/mol. The molecule has 0 aromatic heterocycles. The van der Waals surface area contributed by atoms with Crippen LogP contribution >= 0.6 is 12.6 Å². The van der Waals surface area contributed by atoms with Crippen LogP contribution in [0.2, 0.25) is 0 Å². The van der Waals surface area contributed by atoms with E-state index in [1.54, 1.807) is 64.0 Å². The molecule has 11 heteroatoms. The third kappa shape index (κ3) is 8.73. The number of rotatable bonds is 12. The first-order valence-corrected chi connectivity index (χ1v) is 19.3. The molecule has 0 amide bonds. The van der Waals surface area contributed by atoms with Crippen molar-refractivity contribution < 1.29 is 47.4 Å². The quantitative estimate of drug-likeness (QED) is 0.122. The van der Waals surface area contributed by atoms with Gasteiger partial charge in [0.05, 0.1) is 70.6 Å². The van der Waals surface area contributed by atoms with E-state index >= 15 is 0 Å². The Hall–Kier alpha value is -5.55. The minimum Gasteiger partial charge on any atom is -0.496 e. The lowest BCUT2D eigenvalue weighted by molar-refractivity contribution is 0.338. The van der Waals surface area contributed by atoms with Crippen molar-refractivity contribution in [3.63, 3.8) is 0 Å². The van der Waals surface area contributed by atoms with Gasteiger partial charge in [0.15, 0.2) is 0 Å². The van der Waals surface area contributed by atoms with E-state index in [-0.39, 0.29) is 0 Å². The van der Waals surface area contributed by atoms with Crippen molar-refractivity contribution in [1.29, 1.82) is 0 Å². The van der Waals surface area contributed by atoms with Crippen molar-refractivity contribution in [2.75, 3.05) is 76.3 Å². The van der Waals surface area contributed by atoms with Crippen molar-refractivity contribution in [3.05, 3.63) is 116 Å². The summed E-state index contributed by atoms with van der Waals surface area (Å²) in [5.74, 6) is 7.69. The summed E-state index contributed by atoms with van der Waals surface area (Å²) in [5, 5.41) is 0. The summed E-state index contributed by atoms with van der Waals surface area (Å²) >= 11 is 4.44. The molecule has 0 N–H and O–H groups in total. The number of benzene rings is 5. The molecule has 0 spiro atoms. The van der Waals surface area contributed by atoms with E-state index in [1.165, 1.54) is 0 Å². The van der Waals surface area contributed by atoms with E-state index in [0.717, 1.165) is 61.4 Å². The number of hydrogen-bond acceptors (Lipinski definition) is 11. The first kappa shape index (κ1) is 41.1. The molecule has 0 saturated heterocycles. The Kier molecular flexibility index (Phi) is 13.4. The molecule has 5 aromatic carbocycles. The molecule has 0 saturated carbocycles. The van der Waals surface area contributed by atoms with Crippen LogP contribution in [0, 0.1) is 0 Å². The van der Waals surface area contributed by atoms with E-state index < -0.39 is 0 Å². The Morgan fingerprint density at radius 2 is 0.456 bits per heavy atom. The minimum atomic E-state index is 0.423. The molecule has 57 heavy (non-hydrogen) atoms. The third-order valence-electron chi connectivity index (χ3n) is 10.5. The molecule has 0 heterocycles. The van der Waals surface area contributed by atoms with Crippen LogP contribution in [0.25, 0.3) is 0 Å². The van der Waals surface area contributed by atoms with Crippen molar-refractivity contribution >= 4 is 12.6 Å². The van der Waals surface area contributed by atoms with Crippen molar-refractivity contribution in [3.8, 4) is 57.5 Å². The number of methoxy groups -OCH3 is 9. The predicted molar refractivity (Wildman–Crippen MR) is 225 cm³/mol. The molecule has 0 fully saturated rings. The topological polar surface area (TPSA) is 92.3 Å². The average Bonchev–Trinajstić information content (AvgIpc) is 3.24. The molecule has 10 bridgehead atoms. The Morgan fingerprint density at radius 1 is 0.298 bits per heavy atom. The summed E-state index contributed by atoms with van der Waals surface area (Å²) in [6, 6.07) is 20.3. The standard InChI is InChI=1S/C46H52O10S/c1-47-37-19-29-13-31-21-42(52-6)33(23-41(31)51-5)15-35-26-46(56-10-11-57)36(25-45(35)55-9)16-34-24-43(53-7)32(22-44(34)54-8)14-30-20-39(49-3)28(18-40(30)50-4)12-27(37)17-38(29)48-2/h17-26,57H,10-16H2,1-9H3. The summed E-state index contributed by atoms with van der Waals surface area (Å²) in [4.78, 5) is 0. The number of ether oxygens (including phenoxy) is 10. The second-order valence-electron chi connectivity index (χ2n) is 13.6. The first-order chi connectivity index (χ1) is 27.7. The first-order valence-electron chi connectivity index (χ1n) is 18.6. The highest BCUT2D eigenvalue weighted by Gasteiger charge is 2.23. The van der Waals surface area contributed by atoms with Crippen LogP contribution in [0.5, 0.6) is 57.5 Å². The zero-order valence-electron chi connectivity index (χ0n) is 34.3. The fourth-order valence-electron chi connectivity index (χ4n) is 7.63. The highest BCUT2D eigenvalue weighted by atomic mass is 32.1. The molecular formula is C46H52O10S. The molecule has 0 radical (unpaired) electrons. The van der Waals surface area contributed by atoms with Crippen LogP contribution in [-0.2, 0) is 32.1 Å². The molecule has 0 aliphatic heterocycles. The minimum absolute atomic E-state index is 0.423. The maximum absolute atomic E-state index is 6.35. The van der Waals surface area contributed by atoms with E-state index in [0.29, 0.717) is 96.2 Å². The molecule has 0 unspecified atom stereocenters. The van der Waals surface area contributed by atoms with E-state index in [1.807, 2.05) is 60.7 Å². The van der Waals surface area contributed by atoms with Gasteiger partial charge < -0.3 is 47.4 Å². The summed E-state index contributed by atoms with van der Waals surface area (Å²) in [5.41, 5.74) is 9.25. The second kappa shape index (κ2) is 18.6. The fourth-order valence-corrected chi connectivity index (χ4v) is 7.72. The van der Waals surface area contributed by atoms with Gasteiger partial charge in [-0.1, -0.05) is 0 Å².